The predicted octanol–water partition coefficient (Wildman–Crippen LogP) is 2.81. The molecule has 20 heavy (non-hydrogen) atoms. The van der Waals surface area contributed by atoms with Crippen LogP contribution >= 0.6 is 11.3 Å². The molecule has 1 N–H and O–H groups in total. The Hall–Kier alpha value is -1.69. The number of hydrogen-bond acceptors (Lipinski definition) is 5. The average Bonchev–Trinajstić information content (AvgIpc) is 3.04. The van der Waals surface area contributed by atoms with Gasteiger partial charge in [-0.1, -0.05) is 0 Å². The van der Waals surface area contributed by atoms with Gasteiger partial charge in [0.05, 0.1) is 11.7 Å². The van der Waals surface area contributed by atoms with Gasteiger partial charge in [0.2, 0.25) is 0 Å². The molecule has 0 saturated heterocycles. The third kappa shape index (κ3) is 2.47. The molecule has 0 aromatic carbocycles. The summed E-state index contributed by atoms with van der Waals surface area (Å²) in [5.41, 5.74) is 1.56. The van der Waals surface area contributed by atoms with Gasteiger partial charge in [-0.25, -0.2) is 9.97 Å². The Morgan fingerprint density at radius 1 is 1.45 bits per heavy atom. The molecule has 2 heterocycles. The van der Waals surface area contributed by atoms with E-state index in [-0.39, 0.29) is 11.9 Å². The summed E-state index contributed by atoms with van der Waals surface area (Å²) in [5, 5.41) is 3.91. The van der Waals surface area contributed by atoms with E-state index >= 15 is 0 Å². The highest BCUT2D eigenvalue weighted by molar-refractivity contribution is 7.11. The number of aryl methyl sites for hydroxylation is 3. The highest BCUT2D eigenvalue weighted by Crippen LogP contribution is 2.29. The van der Waals surface area contributed by atoms with Gasteiger partial charge in [0.15, 0.2) is 12.1 Å². The number of fused-ring (bicyclic) bond motifs is 1. The van der Waals surface area contributed by atoms with Gasteiger partial charge in [-0.05, 0) is 39.5 Å². The Kier molecular flexibility index (Phi) is 3.56. The summed E-state index contributed by atoms with van der Waals surface area (Å²) in [4.78, 5) is 22.1. The highest BCUT2D eigenvalue weighted by atomic mass is 32.1. The first kappa shape index (κ1) is 13.3. The second-order valence-electron chi connectivity index (χ2n) is 5.08. The van der Waals surface area contributed by atoms with Gasteiger partial charge in [-0.3, -0.25) is 4.79 Å². The van der Waals surface area contributed by atoms with E-state index < -0.39 is 0 Å². The SMILES string of the molecule is Cc1ocnc1C(=O)NC(C)c1nc2c(s1)CCCC2. The fourth-order valence-electron chi connectivity index (χ4n) is 2.41. The van der Waals surface area contributed by atoms with Crippen molar-refractivity contribution in [3.63, 3.8) is 0 Å². The molecule has 1 aliphatic carbocycles. The molecule has 1 aliphatic rings. The second kappa shape index (κ2) is 5.36. The van der Waals surface area contributed by atoms with Crippen LogP contribution in [-0.2, 0) is 12.8 Å². The lowest BCUT2D eigenvalue weighted by Crippen LogP contribution is -2.27. The number of amides is 1. The third-order valence-corrected chi connectivity index (χ3v) is 4.88. The standard InChI is InChI=1S/C14H17N3O2S/c1-8(16-13(18)12-9(2)19-7-15-12)14-17-10-5-3-4-6-11(10)20-14/h7-8H,3-6H2,1-2H3,(H,16,18). The van der Waals surface area contributed by atoms with Crippen molar-refractivity contribution < 1.29 is 9.21 Å². The van der Waals surface area contributed by atoms with E-state index in [1.165, 1.54) is 29.8 Å². The van der Waals surface area contributed by atoms with Crippen LogP contribution in [0.25, 0.3) is 0 Å². The molecular weight excluding hydrogens is 274 g/mol. The highest BCUT2D eigenvalue weighted by Gasteiger charge is 2.21. The summed E-state index contributed by atoms with van der Waals surface area (Å²) in [6, 6.07) is -0.103. The van der Waals surface area contributed by atoms with Crippen LogP contribution in [-0.4, -0.2) is 15.9 Å². The molecule has 0 spiro atoms. The summed E-state index contributed by atoms with van der Waals surface area (Å²) in [5.74, 6) is 0.324. The van der Waals surface area contributed by atoms with Crippen molar-refractivity contribution in [2.24, 2.45) is 0 Å². The topological polar surface area (TPSA) is 68.0 Å². The first-order valence-electron chi connectivity index (χ1n) is 6.84. The summed E-state index contributed by atoms with van der Waals surface area (Å²) >= 11 is 1.72. The van der Waals surface area contributed by atoms with E-state index in [9.17, 15) is 4.79 Å². The number of carbonyl (C=O) groups excluding carboxylic acids is 1. The van der Waals surface area contributed by atoms with E-state index in [1.807, 2.05) is 6.92 Å². The minimum absolute atomic E-state index is 0.103. The first-order chi connectivity index (χ1) is 9.65. The van der Waals surface area contributed by atoms with Crippen LogP contribution in [0.3, 0.4) is 0 Å². The van der Waals surface area contributed by atoms with Crippen molar-refractivity contribution in [2.75, 3.05) is 0 Å². The monoisotopic (exact) mass is 291 g/mol. The first-order valence-corrected chi connectivity index (χ1v) is 7.66. The lowest BCUT2D eigenvalue weighted by molar-refractivity contribution is 0.0934. The van der Waals surface area contributed by atoms with Gasteiger partial charge in [0, 0.05) is 4.88 Å². The molecule has 2 aromatic rings. The van der Waals surface area contributed by atoms with Gasteiger partial charge < -0.3 is 9.73 Å². The molecule has 0 radical (unpaired) electrons. The average molecular weight is 291 g/mol. The lowest BCUT2D eigenvalue weighted by Gasteiger charge is -2.09. The molecule has 1 unspecified atom stereocenters. The predicted molar refractivity (Wildman–Crippen MR) is 75.9 cm³/mol. The molecule has 106 valence electrons. The van der Waals surface area contributed by atoms with Crippen molar-refractivity contribution in [1.82, 2.24) is 15.3 Å². The fourth-order valence-corrected chi connectivity index (χ4v) is 3.56. The maximum Gasteiger partial charge on any atom is 0.274 e. The maximum absolute atomic E-state index is 12.1. The van der Waals surface area contributed by atoms with E-state index in [0.717, 1.165) is 17.8 Å². The second-order valence-corrected chi connectivity index (χ2v) is 6.20. The number of aromatic nitrogens is 2. The number of nitrogens with one attached hydrogen (secondary N) is 1. The van der Waals surface area contributed by atoms with E-state index in [4.69, 9.17) is 4.42 Å². The number of hydrogen-bond donors (Lipinski definition) is 1. The number of nitrogens with zero attached hydrogens (tertiary/aromatic N) is 2. The van der Waals surface area contributed by atoms with E-state index in [0.29, 0.717) is 11.5 Å². The molecule has 6 heteroatoms. The molecule has 3 rings (SSSR count). The summed E-state index contributed by atoms with van der Waals surface area (Å²) in [6.07, 6.45) is 5.94. The largest absolute Gasteiger partial charge is 0.448 e. The van der Waals surface area contributed by atoms with Gasteiger partial charge in [0.1, 0.15) is 10.8 Å². The van der Waals surface area contributed by atoms with Gasteiger partial charge in [-0.15, -0.1) is 11.3 Å². The van der Waals surface area contributed by atoms with Crippen LogP contribution in [0.15, 0.2) is 10.8 Å². The van der Waals surface area contributed by atoms with Crippen LogP contribution in [0.1, 0.15) is 57.6 Å². The van der Waals surface area contributed by atoms with Crippen LogP contribution in [0.5, 0.6) is 0 Å². The minimum atomic E-state index is -0.211. The third-order valence-electron chi connectivity index (χ3n) is 3.54. The smallest absolute Gasteiger partial charge is 0.274 e. The van der Waals surface area contributed by atoms with Crippen LogP contribution < -0.4 is 5.32 Å². The van der Waals surface area contributed by atoms with Crippen molar-refractivity contribution in [1.29, 1.82) is 0 Å². The van der Waals surface area contributed by atoms with Gasteiger partial charge in [-0.2, -0.15) is 0 Å². The Morgan fingerprint density at radius 2 is 2.25 bits per heavy atom. The van der Waals surface area contributed by atoms with Crippen LogP contribution in [0, 0.1) is 6.92 Å². The molecule has 0 bridgehead atoms. The van der Waals surface area contributed by atoms with Gasteiger partial charge in [0.25, 0.3) is 5.91 Å². The maximum atomic E-state index is 12.1. The van der Waals surface area contributed by atoms with Crippen LogP contribution in [0.4, 0.5) is 0 Å². The Morgan fingerprint density at radius 3 is 2.95 bits per heavy atom. The Labute approximate surface area is 121 Å². The van der Waals surface area contributed by atoms with Crippen molar-refractivity contribution in [2.45, 2.75) is 45.6 Å². The van der Waals surface area contributed by atoms with Crippen molar-refractivity contribution in [3.05, 3.63) is 33.4 Å². The van der Waals surface area contributed by atoms with E-state index in [2.05, 4.69) is 15.3 Å². The molecule has 0 aliphatic heterocycles. The zero-order chi connectivity index (χ0) is 14.1. The number of rotatable bonds is 3. The molecule has 1 amide bonds. The molecule has 2 aromatic heterocycles. The zero-order valence-electron chi connectivity index (χ0n) is 11.6. The molecule has 0 fully saturated rings. The molecule has 5 nitrogen and oxygen atoms in total. The summed E-state index contributed by atoms with van der Waals surface area (Å²) < 4.78 is 5.05. The van der Waals surface area contributed by atoms with Crippen molar-refractivity contribution >= 4 is 17.2 Å². The van der Waals surface area contributed by atoms with E-state index in [1.54, 1.807) is 18.3 Å². The Balaban J connectivity index is 1.73. The molecule has 1 atom stereocenters. The molecule has 0 saturated carbocycles. The summed E-state index contributed by atoms with van der Waals surface area (Å²) in [7, 11) is 0. The molecular formula is C14H17N3O2S. The Bertz CT molecular complexity index is 609. The lowest BCUT2D eigenvalue weighted by atomic mass is 10.0. The quantitative estimate of drug-likeness (QED) is 0.944. The normalized spacial score (nSPS) is 15.7. The van der Waals surface area contributed by atoms with Gasteiger partial charge >= 0.3 is 0 Å². The zero-order valence-corrected chi connectivity index (χ0v) is 12.4. The van der Waals surface area contributed by atoms with Crippen LogP contribution in [0.2, 0.25) is 0 Å². The van der Waals surface area contributed by atoms with Crippen molar-refractivity contribution in [3.8, 4) is 0 Å². The fraction of sp³-hybridized carbons (Fsp3) is 0.500. The number of carbonyl (C=O) groups is 1. The summed E-state index contributed by atoms with van der Waals surface area (Å²) in [6.45, 7) is 3.69. The minimum Gasteiger partial charge on any atom is -0.448 e. The number of oxazole rings is 1. The number of thiazole rings is 1.